The van der Waals surface area contributed by atoms with Crippen molar-refractivity contribution < 1.29 is 13.5 Å². The molecule has 0 spiro atoms. The second-order valence-corrected chi connectivity index (χ2v) is 3.99. The predicted octanol–water partition coefficient (Wildman–Crippen LogP) is 4.21. The lowest BCUT2D eigenvalue weighted by Gasteiger charge is -2.17. The molecule has 0 aliphatic rings. The van der Waals surface area contributed by atoms with E-state index < -0.39 is 12.7 Å². The summed E-state index contributed by atoms with van der Waals surface area (Å²) in [5, 5.41) is 0. The van der Waals surface area contributed by atoms with Crippen molar-refractivity contribution in [2.45, 2.75) is 19.1 Å². The second kappa shape index (κ2) is 6.26. The molecule has 1 atom stereocenters. The van der Waals surface area contributed by atoms with E-state index in [9.17, 15) is 8.78 Å². The number of halogens is 2. The summed E-state index contributed by atoms with van der Waals surface area (Å²) in [7, 11) is 0. The van der Waals surface area contributed by atoms with E-state index in [4.69, 9.17) is 4.74 Å². The third kappa shape index (κ3) is 3.64. The molecular weight excluding hydrogens is 234 g/mol. The number of hydrogen-bond acceptors (Lipinski definition) is 1. The van der Waals surface area contributed by atoms with E-state index in [1.54, 1.807) is 12.1 Å². The lowest BCUT2D eigenvalue weighted by Crippen LogP contribution is -2.11. The average molecular weight is 248 g/mol. The first-order chi connectivity index (χ1) is 8.75. The molecule has 0 radical (unpaired) electrons. The van der Waals surface area contributed by atoms with Crippen LogP contribution in [0.5, 0.6) is 0 Å². The van der Waals surface area contributed by atoms with Gasteiger partial charge in [0.05, 0.1) is 6.10 Å². The van der Waals surface area contributed by atoms with E-state index >= 15 is 0 Å². The van der Waals surface area contributed by atoms with Crippen molar-refractivity contribution in [1.82, 2.24) is 0 Å². The molecule has 1 unspecified atom stereocenters. The fraction of sp³-hybridized carbons (Fsp3) is 0.200. The van der Waals surface area contributed by atoms with Crippen molar-refractivity contribution in [3.63, 3.8) is 0 Å². The minimum atomic E-state index is -2.76. The number of alkyl halides is 2. The molecule has 0 fully saturated rings. The Hall–Kier alpha value is -1.74. The zero-order valence-electron chi connectivity index (χ0n) is 9.80. The van der Waals surface area contributed by atoms with Gasteiger partial charge in [-0.05, 0) is 11.1 Å². The summed E-state index contributed by atoms with van der Waals surface area (Å²) in [6, 6.07) is 18.6. The molecule has 0 aromatic heterocycles. The third-order valence-electron chi connectivity index (χ3n) is 2.70. The molecule has 0 amide bonds. The molecule has 2 aromatic carbocycles. The molecule has 0 aliphatic carbocycles. The summed E-state index contributed by atoms with van der Waals surface area (Å²) in [5.41, 5.74) is 1.74. The molecule has 0 heterocycles. The fourth-order valence-corrected chi connectivity index (χ4v) is 1.86. The summed E-state index contributed by atoms with van der Waals surface area (Å²) in [6.45, 7) is -2.76. The molecule has 0 bridgehead atoms. The van der Waals surface area contributed by atoms with Crippen LogP contribution in [0.25, 0.3) is 0 Å². The highest BCUT2D eigenvalue weighted by molar-refractivity contribution is 5.22. The van der Waals surface area contributed by atoms with E-state index in [2.05, 4.69) is 0 Å². The Labute approximate surface area is 105 Å². The van der Waals surface area contributed by atoms with Crippen molar-refractivity contribution in [3.05, 3.63) is 71.8 Å². The molecule has 1 nitrogen and oxygen atoms in total. The van der Waals surface area contributed by atoms with Crippen LogP contribution < -0.4 is 0 Å². The van der Waals surface area contributed by atoms with Gasteiger partial charge in [-0.1, -0.05) is 60.7 Å². The Balaban J connectivity index is 2.16. The first kappa shape index (κ1) is 12.7. The van der Waals surface area contributed by atoms with Gasteiger partial charge < -0.3 is 4.74 Å². The first-order valence-electron chi connectivity index (χ1n) is 5.78. The Bertz CT molecular complexity index is 456. The van der Waals surface area contributed by atoms with Crippen molar-refractivity contribution in [1.29, 1.82) is 0 Å². The minimum absolute atomic E-state index is 0.440. The molecule has 0 saturated heterocycles. The summed E-state index contributed by atoms with van der Waals surface area (Å²) in [4.78, 5) is 0. The number of hydrogen-bond donors (Lipinski definition) is 0. The van der Waals surface area contributed by atoms with E-state index in [-0.39, 0.29) is 0 Å². The summed E-state index contributed by atoms with van der Waals surface area (Å²) in [6.07, 6.45) is -0.177. The Kier molecular flexibility index (Phi) is 4.42. The molecule has 0 aliphatic heterocycles. The van der Waals surface area contributed by atoms with Gasteiger partial charge in [0.2, 0.25) is 0 Å². The molecular formula is C15H14F2O. The van der Waals surface area contributed by atoms with E-state index in [0.717, 1.165) is 11.1 Å². The van der Waals surface area contributed by atoms with Crippen molar-refractivity contribution in [2.75, 3.05) is 0 Å². The zero-order valence-corrected chi connectivity index (χ0v) is 9.80. The second-order valence-electron chi connectivity index (χ2n) is 3.99. The first-order valence-corrected chi connectivity index (χ1v) is 5.78. The predicted molar refractivity (Wildman–Crippen MR) is 66.4 cm³/mol. The van der Waals surface area contributed by atoms with Gasteiger partial charge in [-0.3, -0.25) is 0 Å². The number of benzene rings is 2. The van der Waals surface area contributed by atoms with Crippen LogP contribution in [0.4, 0.5) is 8.78 Å². The highest BCUT2D eigenvalue weighted by atomic mass is 19.3. The quantitative estimate of drug-likeness (QED) is 0.770. The molecule has 94 valence electrons. The Morgan fingerprint density at radius 2 is 1.39 bits per heavy atom. The van der Waals surface area contributed by atoms with Crippen LogP contribution in [0.3, 0.4) is 0 Å². The van der Waals surface area contributed by atoms with Gasteiger partial charge >= 0.3 is 6.61 Å². The van der Waals surface area contributed by atoms with E-state index in [1.807, 2.05) is 48.5 Å². The van der Waals surface area contributed by atoms with Gasteiger partial charge in [0.25, 0.3) is 0 Å². The summed E-state index contributed by atoms with van der Waals surface area (Å²) in [5.74, 6) is 0. The van der Waals surface area contributed by atoms with Crippen LogP contribution >= 0.6 is 0 Å². The maximum absolute atomic E-state index is 12.5. The number of ether oxygens (including phenoxy) is 1. The average Bonchev–Trinajstić information content (AvgIpc) is 2.40. The largest absolute Gasteiger partial charge is 0.345 e. The summed E-state index contributed by atoms with van der Waals surface area (Å²) >= 11 is 0. The normalized spacial score (nSPS) is 12.6. The van der Waals surface area contributed by atoms with Crippen molar-refractivity contribution in [3.8, 4) is 0 Å². The van der Waals surface area contributed by atoms with Crippen molar-refractivity contribution >= 4 is 0 Å². The number of rotatable bonds is 5. The minimum Gasteiger partial charge on any atom is -0.314 e. The van der Waals surface area contributed by atoms with Gasteiger partial charge in [-0.15, -0.1) is 0 Å². The van der Waals surface area contributed by atoms with Gasteiger partial charge in [0.1, 0.15) is 0 Å². The van der Waals surface area contributed by atoms with Gasteiger partial charge in [0, 0.05) is 6.42 Å². The summed E-state index contributed by atoms with van der Waals surface area (Å²) < 4.78 is 29.6. The maximum Gasteiger partial charge on any atom is 0.345 e. The van der Waals surface area contributed by atoms with Crippen LogP contribution in [0, 0.1) is 0 Å². The van der Waals surface area contributed by atoms with E-state index in [0.29, 0.717) is 6.42 Å². The van der Waals surface area contributed by atoms with Crippen LogP contribution in [0.2, 0.25) is 0 Å². The molecule has 3 heteroatoms. The van der Waals surface area contributed by atoms with Gasteiger partial charge in [-0.2, -0.15) is 8.78 Å². The fourth-order valence-electron chi connectivity index (χ4n) is 1.86. The molecule has 0 saturated carbocycles. The molecule has 2 rings (SSSR count). The monoisotopic (exact) mass is 248 g/mol. The van der Waals surface area contributed by atoms with Crippen molar-refractivity contribution in [2.24, 2.45) is 0 Å². The maximum atomic E-state index is 12.5. The van der Waals surface area contributed by atoms with Crippen LogP contribution in [0.1, 0.15) is 17.2 Å². The SMILES string of the molecule is FC(F)OC(Cc1ccccc1)c1ccccc1. The highest BCUT2D eigenvalue weighted by Crippen LogP contribution is 2.24. The Morgan fingerprint density at radius 1 is 0.833 bits per heavy atom. The standard InChI is InChI=1S/C15H14F2O/c16-15(17)18-14(13-9-5-2-6-10-13)11-12-7-3-1-4-8-12/h1-10,14-15H,11H2. The van der Waals surface area contributed by atoms with E-state index in [1.165, 1.54) is 0 Å². The van der Waals surface area contributed by atoms with Gasteiger partial charge in [-0.25, -0.2) is 0 Å². The topological polar surface area (TPSA) is 9.23 Å². The van der Waals surface area contributed by atoms with Gasteiger partial charge in [0.15, 0.2) is 0 Å². The lowest BCUT2D eigenvalue weighted by molar-refractivity contribution is -0.164. The lowest BCUT2D eigenvalue weighted by atomic mass is 10.0. The Morgan fingerprint density at radius 3 is 1.94 bits per heavy atom. The smallest absolute Gasteiger partial charge is 0.314 e. The molecule has 18 heavy (non-hydrogen) atoms. The van der Waals surface area contributed by atoms with Crippen LogP contribution in [-0.2, 0) is 11.2 Å². The zero-order chi connectivity index (χ0) is 12.8. The molecule has 0 N–H and O–H groups in total. The third-order valence-corrected chi connectivity index (χ3v) is 2.70. The van der Waals surface area contributed by atoms with Crippen LogP contribution in [-0.4, -0.2) is 6.61 Å². The van der Waals surface area contributed by atoms with Crippen LogP contribution in [0.15, 0.2) is 60.7 Å². The molecule has 2 aromatic rings. The highest BCUT2D eigenvalue weighted by Gasteiger charge is 2.17.